The van der Waals surface area contributed by atoms with Crippen molar-refractivity contribution in [2.45, 2.75) is 33.6 Å². The van der Waals surface area contributed by atoms with Gasteiger partial charge in [-0.25, -0.2) is 0 Å². The summed E-state index contributed by atoms with van der Waals surface area (Å²) in [5.74, 6) is 1.59. The minimum atomic E-state index is 1.25. The van der Waals surface area contributed by atoms with Crippen molar-refractivity contribution < 1.29 is 0 Å². The second-order valence-electron chi connectivity index (χ2n) is 1.66. The van der Waals surface area contributed by atoms with Gasteiger partial charge in [0.25, 0.3) is 0 Å². The van der Waals surface area contributed by atoms with Crippen molar-refractivity contribution >= 4 is 0 Å². The van der Waals surface area contributed by atoms with Crippen LogP contribution in [0.3, 0.4) is 0 Å². The summed E-state index contributed by atoms with van der Waals surface area (Å²) in [5, 5.41) is 0. The van der Waals surface area contributed by atoms with Crippen molar-refractivity contribution in [2.75, 3.05) is 0 Å². The second-order valence-corrected chi connectivity index (χ2v) is 1.66. The van der Waals surface area contributed by atoms with Crippen LogP contribution in [0.5, 0.6) is 0 Å². The standard InChI is InChI=1S/C6H13/c1-4-6(3)5-2/h4-5H2,1-3H3/q+1. The molecule has 0 N–H and O–H groups in total. The summed E-state index contributed by atoms with van der Waals surface area (Å²) < 4.78 is 0. The van der Waals surface area contributed by atoms with Gasteiger partial charge < -0.3 is 0 Å². The molecule has 6 heavy (non-hydrogen) atoms. The van der Waals surface area contributed by atoms with Gasteiger partial charge in [-0.1, -0.05) is 0 Å². The smallest absolute Gasteiger partial charge is 0.0242 e. The van der Waals surface area contributed by atoms with Crippen molar-refractivity contribution in [3.05, 3.63) is 5.92 Å². The summed E-state index contributed by atoms with van der Waals surface area (Å²) in [5.41, 5.74) is 0. The van der Waals surface area contributed by atoms with E-state index in [0.29, 0.717) is 0 Å². The molecule has 0 bridgehead atoms. The highest BCUT2D eigenvalue weighted by Gasteiger charge is 2.01. The first-order chi connectivity index (χ1) is 2.81. The van der Waals surface area contributed by atoms with Crippen molar-refractivity contribution in [1.29, 1.82) is 0 Å². The topological polar surface area (TPSA) is 0 Å². The van der Waals surface area contributed by atoms with E-state index in [0.717, 1.165) is 0 Å². The lowest BCUT2D eigenvalue weighted by molar-refractivity contribution is 0.819. The molecule has 0 saturated heterocycles. The average molecular weight is 85.2 g/mol. The monoisotopic (exact) mass is 85.1 g/mol. The Morgan fingerprint density at radius 2 is 1.50 bits per heavy atom. The maximum atomic E-state index is 2.19. The zero-order chi connectivity index (χ0) is 4.99. The maximum absolute atomic E-state index is 2.19. The van der Waals surface area contributed by atoms with E-state index in [4.69, 9.17) is 0 Å². The maximum Gasteiger partial charge on any atom is 0.0869 e. The summed E-state index contributed by atoms with van der Waals surface area (Å²) in [7, 11) is 0. The summed E-state index contributed by atoms with van der Waals surface area (Å²) in [4.78, 5) is 0. The third-order valence-corrected chi connectivity index (χ3v) is 1.21. The Morgan fingerprint density at radius 3 is 1.50 bits per heavy atom. The molecule has 0 aromatic heterocycles. The summed E-state index contributed by atoms with van der Waals surface area (Å²) in [6.45, 7) is 6.58. The van der Waals surface area contributed by atoms with E-state index in [1.54, 1.807) is 5.92 Å². The molecule has 0 saturated carbocycles. The molecular formula is C6H13+. The minimum absolute atomic E-state index is 1.25. The Labute approximate surface area is 40.6 Å². The lowest BCUT2D eigenvalue weighted by Crippen LogP contribution is -1.81. The second kappa shape index (κ2) is 3.08. The van der Waals surface area contributed by atoms with Crippen molar-refractivity contribution in [3.8, 4) is 0 Å². The highest BCUT2D eigenvalue weighted by Crippen LogP contribution is 2.05. The van der Waals surface area contributed by atoms with Crippen LogP contribution in [0.25, 0.3) is 0 Å². The fourth-order valence-electron chi connectivity index (χ4n) is 0.250. The van der Waals surface area contributed by atoms with Gasteiger partial charge in [0.2, 0.25) is 0 Å². The molecule has 0 fully saturated rings. The Morgan fingerprint density at radius 1 is 1.17 bits per heavy atom. The first kappa shape index (κ1) is 5.87. The average Bonchev–Trinajstić information content (AvgIpc) is 1.65. The predicted octanol–water partition coefficient (Wildman–Crippen LogP) is 2.40. The van der Waals surface area contributed by atoms with Crippen LogP contribution >= 0.6 is 0 Å². The van der Waals surface area contributed by atoms with Crippen LogP contribution in [-0.4, -0.2) is 0 Å². The van der Waals surface area contributed by atoms with Gasteiger partial charge in [-0.15, -0.1) is 0 Å². The molecule has 0 atom stereocenters. The van der Waals surface area contributed by atoms with Gasteiger partial charge >= 0.3 is 0 Å². The number of rotatable bonds is 2. The summed E-state index contributed by atoms with van der Waals surface area (Å²) in [6, 6.07) is 0. The zero-order valence-electron chi connectivity index (χ0n) is 4.91. The highest BCUT2D eigenvalue weighted by atomic mass is 13.9. The molecule has 0 amide bonds. The van der Waals surface area contributed by atoms with Gasteiger partial charge in [0, 0.05) is 0 Å². The van der Waals surface area contributed by atoms with E-state index in [1.165, 1.54) is 12.8 Å². The van der Waals surface area contributed by atoms with Gasteiger partial charge in [0.15, 0.2) is 0 Å². The van der Waals surface area contributed by atoms with E-state index in [2.05, 4.69) is 20.8 Å². The van der Waals surface area contributed by atoms with Crippen LogP contribution in [0.2, 0.25) is 0 Å². The zero-order valence-corrected chi connectivity index (χ0v) is 4.91. The fraction of sp³-hybridized carbons (Fsp3) is 0.833. The molecule has 0 aliphatic rings. The van der Waals surface area contributed by atoms with E-state index < -0.39 is 0 Å². The van der Waals surface area contributed by atoms with E-state index >= 15 is 0 Å². The molecule has 0 rings (SSSR count). The van der Waals surface area contributed by atoms with Gasteiger partial charge in [0.1, 0.15) is 0 Å². The fourth-order valence-corrected chi connectivity index (χ4v) is 0.250. The minimum Gasteiger partial charge on any atom is -0.0242 e. The molecule has 0 unspecified atom stereocenters. The van der Waals surface area contributed by atoms with E-state index in [9.17, 15) is 0 Å². The van der Waals surface area contributed by atoms with Crippen LogP contribution in [0, 0.1) is 5.92 Å². The highest BCUT2D eigenvalue weighted by molar-refractivity contribution is 4.78. The third-order valence-electron chi connectivity index (χ3n) is 1.21. The van der Waals surface area contributed by atoms with Gasteiger partial charge in [-0.3, -0.25) is 0 Å². The SMILES string of the molecule is CC[C+](C)CC. The Hall–Kier alpha value is -0.130. The lowest BCUT2D eigenvalue weighted by Gasteiger charge is -1.86. The first-order valence-electron chi connectivity index (χ1n) is 2.62. The molecule has 0 spiro atoms. The van der Waals surface area contributed by atoms with Crippen LogP contribution < -0.4 is 0 Å². The Bertz CT molecular complexity index is 19.2. The molecule has 0 aromatic rings. The normalized spacial score (nSPS) is 8.50. The molecule has 0 radical (unpaired) electrons. The molecular weight excluding hydrogens is 72.1 g/mol. The van der Waals surface area contributed by atoms with Crippen molar-refractivity contribution in [3.63, 3.8) is 0 Å². The molecule has 0 aliphatic carbocycles. The predicted molar refractivity (Wildman–Crippen MR) is 29.5 cm³/mol. The van der Waals surface area contributed by atoms with E-state index in [1.807, 2.05) is 0 Å². The molecule has 0 heterocycles. The quantitative estimate of drug-likeness (QED) is 0.452. The van der Waals surface area contributed by atoms with Crippen LogP contribution in [-0.2, 0) is 0 Å². The van der Waals surface area contributed by atoms with Gasteiger partial charge in [-0.2, -0.15) is 0 Å². The molecule has 0 heteroatoms. The molecule has 36 valence electrons. The van der Waals surface area contributed by atoms with E-state index in [-0.39, 0.29) is 0 Å². The molecule has 0 aliphatic heterocycles. The van der Waals surface area contributed by atoms with Crippen LogP contribution in [0.1, 0.15) is 33.6 Å². The largest absolute Gasteiger partial charge is 0.0869 e. The number of hydrogen-bond acceptors (Lipinski definition) is 0. The summed E-state index contributed by atoms with van der Waals surface area (Å²) in [6.07, 6.45) is 2.49. The van der Waals surface area contributed by atoms with Crippen LogP contribution in [0.15, 0.2) is 0 Å². The molecule has 0 nitrogen and oxygen atoms in total. The third kappa shape index (κ3) is 2.13. The Balaban J connectivity index is 2.75. The lowest BCUT2D eigenvalue weighted by atomic mass is 10.1. The number of hydrogen-bond donors (Lipinski definition) is 0. The van der Waals surface area contributed by atoms with Crippen molar-refractivity contribution in [2.24, 2.45) is 0 Å². The Kier molecular flexibility index (Phi) is 3.01. The van der Waals surface area contributed by atoms with Crippen molar-refractivity contribution in [1.82, 2.24) is 0 Å². The van der Waals surface area contributed by atoms with Crippen LogP contribution in [0.4, 0.5) is 0 Å². The summed E-state index contributed by atoms with van der Waals surface area (Å²) >= 11 is 0. The van der Waals surface area contributed by atoms with Gasteiger partial charge in [-0.05, 0) is 13.8 Å². The molecule has 0 aromatic carbocycles. The van der Waals surface area contributed by atoms with Gasteiger partial charge in [0.05, 0.1) is 25.7 Å². The first-order valence-corrected chi connectivity index (χ1v) is 2.62.